The van der Waals surface area contributed by atoms with Crippen molar-refractivity contribution >= 4 is 34.0 Å². The predicted octanol–water partition coefficient (Wildman–Crippen LogP) is 2.76. The summed E-state index contributed by atoms with van der Waals surface area (Å²) in [5, 5.41) is 5.32. The Morgan fingerprint density at radius 3 is 2.73 bits per heavy atom. The normalized spacial score (nSPS) is 14.4. The Morgan fingerprint density at radius 2 is 2.14 bits per heavy atom. The van der Waals surface area contributed by atoms with Gasteiger partial charge in [-0.2, -0.15) is 0 Å². The molecule has 0 spiro atoms. The lowest BCUT2D eigenvalue weighted by Gasteiger charge is -2.15. The molecule has 1 aromatic carbocycles. The van der Waals surface area contributed by atoms with Gasteiger partial charge in [-0.05, 0) is 31.0 Å². The number of thiazole rings is 1. The first kappa shape index (κ1) is 14.7. The quantitative estimate of drug-likeness (QED) is 0.943. The number of carbonyl (C=O) groups is 2. The molecule has 0 saturated carbocycles. The number of anilines is 2. The maximum absolute atomic E-state index is 12.0. The van der Waals surface area contributed by atoms with E-state index in [1.807, 2.05) is 36.6 Å². The van der Waals surface area contributed by atoms with Gasteiger partial charge in [0, 0.05) is 24.0 Å². The third-order valence-electron chi connectivity index (χ3n) is 3.55. The molecule has 5 nitrogen and oxygen atoms in total. The first-order chi connectivity index (χ1) is 10.6. The van der Waals surface area contributed by atoms with Crippen LogP contribution in [0.1, 0.15) is 24.1 Å². The number of amides is 2. The molecule has 1 aromatic heterocycles. The second-order valence-corrected chi connectivity index (χ2v) is 6.19. The first-order valence-corrected chi connectivity index (χ1v) is 8.11. The fourth-order valence-electron chi connectivity index (χ4n) is 2.48. The van der Waals surface area contributed by atoms with Crippen molar-refractivity contribution in [3.05, 3.63) is 40.9 Å². The van der Waals surface area contributed by atoms with Gasteiger partial charge in [-0.3, -0.25) is 9.59 Å². The molecule has 2 heterocycles. The molecule has 1 saturated heterocycles. The Hall–Kier alpha value is -2.21. The highest BCUT2D eigenvalue weighted by Crippen LogP contribution is 2.22. The van der Waals surface area contributed by atoms with Gasteiger partial charge in [-0.15, -0.1) is 11.3 Å². The summed E-state index contributed by atoms with van der Waals surface area (Å²) in [4.78, 5) is 29.7. The second-order valence-electron chi connectivity index (χ2n) is 5.33. The summed E-state index contributed by atoms with van der Waals surface area (Å²) >= 11 is 1.42. The van der Waals surface area contributed by atoms with Crippen molar-refractivity contribution < 1.29 is 9.59 Å². The van der Waals surface area contributed by atoms with Crippen molar-refractivity contribution in [3.8, 4) is 0 Å². The lowest BCUT2D eigenvalue weighted by atomic mass is 10.1. The Labute approximate surface area is 133 Å². The van der Waals surface area contributed by atoms with Gasteiger partial charge >= 0.3 is 0 Å². The molecule has 114 valence electrons. The molecule has 0 unspecified atom stereocenters. The number of benzene rings is 1. The molecule has 22 heavy (non-hydrogen) atoms. The number of hydrogen-bond acceptors (Lipinski definition) is 4. The van der Waals surface area contributed by atoms with Crippen LogP contribution >= 0.6 is 11.3 Å². The number of hydrogen-bond donors (Lipinski definition) is 1. The first-order valence-electron chi connectivity index (χ1n) is 7.23. The zero-order chi connectivity index (χ0) is 15.5. The van der Waals surface area contributed by atoms with Crippen molar-refractivity contribution in [2.75, 3.05) is 16.8 Å². The molecule has 0 aliphatic carbocycles. The van der Waals surface area contributed by atoms with Crippen LogP contribution in [0.3, 0.4) is 0 Å². The molecule has 3 rings (SSSR count). The van der Waals surface area contributed by atoms with Crippen molar-refractivity contribution in [1.29, 1.82) is 0 Å². The average molecular weight is 315 g/mol. The van der Waals surface area contributed by atoms with Crippen LogP contribution in [0.4, 0.5) is 10.8 Å². The van der Waals surface area contributed by atoms with E-state index in [9.17, 15) is 9.59 Å². The third kappa shape index (κ3) is 3.33. The summed E-state index contributed by atoms with van der Waals surface area (Å²) in [7, 11) is 0. The fourth-order valence-corrected chi connectivity index (χ4v) is 3.18. The number of nitrogens with zero attached hydrogens (tertiary/aromatic N) is 2. The van der Waals surface area contributed by atoms with E-state index in [1.165, 1.54) is 11.3 Å². The van der Waals surface area contributed by atoms with Crippen molar-refractivity contribution in [3.63, 3.8) is 0 Å². The molecule has 1 aliphatic rings. The Balaban J connectivity index is 1.61. The number of nitrogens with one attached hydrogen (secondary N) is 1. The number of rotatable bonds is 4. The molecule has 0 radical (unpaired) electrons. The topological polar surface area (TPSA) is 62.3 Å². The molecule has 0 atom stereocenters. The molecule has 6 heteroatoms. The Bertz CT molecular complexity index is 694. The maximum Gasteiger partial charge on any atom is 0.230 e. The molecule has 0 bridgehead atoms. The summed E-state index contributed by atoms with van der Waals surface area (Å²) in [6.45, 7) is 2.67. The van der Waals surface area contributed by atoms with Gasteiger partial charge in [0.15, 0.2) is 5.13 Å². The van der Waals surface area contributed by atoms with Crippen LogP contribution in [0, 0.1) is 6.92 Å². The molecule has 2 aromatic rings. The SMILES string of the molecule is Cc1csc(NC(=O)Cc2ccc(N3CCCC3=O)cc2)n1. The van der Waals surface area contributed by atoms with Gasteiger partial charge in [0.2, 0.25) is 11.8 Å². The minimum Gasteiger partial charge on any atom is -0.312 e. The fraction of sp³-hybridized carbons (Fsp3) is 0.312. The molecule has 1 aliphatic heterocycles. The van der Waals surface area contributed by atoms with Crippen LogP contribution in [0.25, 0.3) is 0 Å². The van der Waals surface area contributed by atoms with Crippen LogP contribution in [0.15, 0.2) is 29.6 Å². The third-order valence-corrected chi connectivity index (χ3v) is 4.43. The summed E-state index contributed by atoms with van der Waals surface area (Å²) < 4.78 is 0. The molecule has 2 amide bonds. The summed E-state index contributed by atoms with van der Waals surface area (Å²) in [6, 6.07) is 7.60. The van der Waals surface area contributed by atoms with E-state index in [0.717, 1.165) is 29.9 Å². The zero-order valence-electron chi connectivity index (χ0n) is 12.3. The van der Waals surface area contributed by atoms with Gasteiger partial charge < -0.3 is 10.2 Å². The second kappa shape index (κ2) is 6.27. The lowest BCUT2D eigenvalue weighted by molar-refractivity contribution is -0.117. The summed E-state index contributed by atoms with van der Waals surface area (Å²) in [5.74, 6) is 0.0870. The van der Waals surface area contributed by atoms with Gasteiger partial charge in [0.25, 0.3) is 0 Å². The van der Waals surface area contributed by atoms with E-state index in [2.05, 4.69) is 10.3 Å². The average Bonchev–Trinajstić information content (AvgIpc) is 3.08. The van der Waals surface area contributed by atoms with Crippen LogP contribution in [-0.2, 0) is 16.0 Å². The largest absolute Gasteiger partial charge is 0.312 e. The predicted molar refractivity (Wildman–Crippen MR) is 87.2 cm³/mol. The Kier molecular flexibility index (Phi) is 4.20. The van der Waals surface area contributed by atoms with Crippen LogP contribution < -0.4 is 10.2 Å². The highest BCUT2D eigenvalue weighted by molar-refractivity contribution is 7.13. The van der Waals surface area contributed by atoms with Crippen molar-refractivity contribution in [1.82, 2.24) is 4.98 Å². The van der Waals surface area contributed by atoms with E-state index in [4.69, 9.17) is 0 Å². The van der Waals surface area contributed by atoms with Crippen LogP contribution in [0.2, 0.25) is 0 Å². The van der Waals surface area contributed by atoms with E-state index in [0.29, 0.717) is 18.0 Å². The summed E-state index contributed by atoms with van der Waals surface area (Å²) in [6.07, 6.45) is 1.83. The number of aryl methyl sites for hydroxylation is 1. The number of carbonyl (C=O) groups excluding carboxylic acids is 2. The highest BCUT2D eigenvalue weighted by Gasteiger charge is 2.21. The van der Waals surface area contributed by atoms with E-state index in [-0.39, 0.29) is 11.8 Å². The number of aromatic nitrogens is 1. The van der Waals surface area contributed by atoms with E-state index >= 15 is 0 Å². The Morgan fingerprint density at radius 1 is 1.36 bits per heavy atom. The standard InChI is InChI=1S/C16H17N3O2S/c1-11-10-22-16(17-11)18-14(20)9-12-4-6-13(7-5-12)19-8-2-3-15(19)21/h4-7,10H,2-3,8-9H2,1H3,(H,17,18,20). The van der Waals surface area contributed by atoms with Gasteiger partial charge in [0.05, 0.1) is 12.1 Å². The van der Waals surface area contributed by atoms with Crippen molar-refractivity contribution in [2.45, 2.75) is 26.2 Å². The van der Waals surface area contributed by atoms with Gasteiger partial charge in [-0.1, -0.05) is 12.1 Å². The van der Waals surface area contributed by atoms with Gasteiger partial charge in [0.1, 0.15) is 0 Å². The van der Waals surface area contributed by atoms with Crippen molar-refractivity contribution in [2.24, 2.45) is 0 Å². The summed E-state index contributed by atoms with van der Waals surface area (Å²) in [5.41, 5.74) is 2.73. The molecular weight excluding hydrogens is 298 g/mol. The molecule has 1 fully saturated rings. The highest BCUT2D eigenvalue weighted by atomic mass is 32.1. The minimum absolute atomic E-state index is 0.0839. The van der Waals surface area contributed by atoms with Crippen LogP contribution in [0.5, 0.6) is 0 Å². The smallest absolute Gasteiger partial charge is 0.230 e. The molecular formula is C16H17N3O2S. The molecule has 1 N–H and O–H groups in total. The van der Waals surface area contributed by atoms with Gasteiger partial charge in [-0.25, -0.2) is 4.98 Å². The monoisotopic (exact) mass is 315 g/mol. The zero-order valence-corrected chi connectivity index (χ0v) is 13.2. The van der Waals surface area contributed by atoms with E-state index in [1.54, 1.807) is 4.90 Å². The lowest BCUT2D eigenvalue weighted by Crippen LogP contribution is -2.23. The van der Waals surface area contributed by atoms with E-state index < -0.39 is 0 Å². The van der Waals surface area contributed by atoms with Crippen LogP contribution in [-0.4, -0.2) is 23.3 Å². The minimum atomic E-state index is -0.0839. The maximum atomic E-state index is 12.0.